The number of carbonyl (C=O) groups excluding carboxylic acids is 2. The smallest absolute Gasteiger partial charge is 0.272 e. The molecule has 0 unspecified atom stereocenters. The van der Waals surface area contributed by atoms with Crippen LogP contribution in [0.4, 0.5) is 5.69 Å². The molecule has 190 valence electrons. The van der Waals surface area contributed by atoms with Gasteiger partial charge in [0.2, 0.25) is 15.9 Å². The molecule has 1 aromatic heterocycles. The van der Waals surface area contributed by atoms with Gasteiger partial charge in [-0.25, -0.2) is 8.42 Å². The summed E-state index contributed by atoms with van der Waals surface area (Å²) in [5, 5.41) is 6.73. The SMILES string of the molecule is C=CC(=O)NC1C(C)(C)CN(S(=O)(=O)c2ccc(NC(=O)c3cc4ccccc4[nH]3)cc2)CC1(C)C. The topological polar surface area (TPSA) is 111 Å². The lowest BCUT2D eigenvalue weighted by Gasteiger charge is -2.52. The van der Waals surface area contributed by atoms with E-state index in [1.54, 1.807) is 18.2 Å². The molecule has 2 heterocycles. The summed E-state index contributed by atoms with van der Waals surface area (Å²) in [4.78, 5) is 27.9. The van der Waals surface area contributed by atoms with Gasteiger partial charge in [-0.2, -0.15) is 4.31 Å². The number of fused-ring (bicyclic) bond motifs is 1. The number of hydrogen-bond acceptors (Lipinski definition) is 4. The molecule has 4 rings (SSSR count). The lowest BCUT2D eigenvalue weighted by Crippen LogP contribution is -2.64. The number of piperidine rings is 1. The lowest BCUT2D eigenvalue weighted by molar-refractivity contribution is -0.120. The van der Waals surface area contributed by atoms with E-state index in [1.165, 1.54) is 22.5 Å². The second-order valence-electron chi connectivity index (χ2n) is 10.6. The standard InChI is InChI=1S/C27H32N4O4S/c1-6-23(32)30-25-26(2,3)16-31(17-27(25,4)5)36(34,35)20-13-11-19(12-14-20)28-24(33)22-15-18-9-7-8-10-21(18)29-22/h6-15,25,29H,1,16-17H2,2-5H3,(H,28,33)(H,30,32). The Balaban J connectivity index is 1.50. The molecule has 0 spiro atoms. The van der Waals surface area contributed by atoms with Crippen LogP contribution < -0.4 is 10.6 Å². The summed E-state index contributed by atoms with van der Waals surface area (Å²) in [5.74, 6) is -0.587. The highest BCUT2D eigenvalue weighted by Crippen LogP contribution is 2.42. The van der Waals surface area contributed by atoms with E-state index in [9.17, 15) is 18.0 Å². The molecule has 8 nitrogen and oxygen atoms in total. The van der Waals surface area contributed by atoms with Crippen molar-refractivity contribution in [2.24, 2.45) is 10.8 Å². The van der Waals surface area contributed by atoms with E-state index >= 15 is 0 Å². The van der Waals surface area contributed by atoms with Crippen molar-refractivity contribution in [3.05, 3.63) is 72.9 Å². The number of rotatable bonds is 6. The maximum Gasteiger partial charge on any atom is 0.272 e. The Morgan fingerprint density at radius 3 is 2.22 bits per heavy atom. The monoisotopic (exact) mass is 508 g/mol. The van der Waals surface area contributed by atoms with Gasteiger partial charge in [0, 0.05) is 35.7 Å². The van der Waals surface area contributed by atoms with Crippen LogP contribution in [0.2, 0.25) is 0 Å². The average Bonchev–Trinajstić information content (AvgIpc) is 3.25. The van der Waals surface area contributed by atoms with Crippen LogP contribution >= 0.6 is 0 Å². The summed E-state index contributed by atoms with van der Waals surface area (Å²) in [6.45, 7) is 11.8. The molecular formula is C27H32N4O4S. The summed E-state index contributed by atoms with van der Waals surface area (Å²) in [5.41, 5.74) is 0.748. The first kappa shape index (κ1) is 25.7. The Labute approximate surface area is 211 Å². The number of H-pyrrole nitrogens is 1. The van der Waals surface area contributed by atoms with Crippen molar-refractivity contribution < 1.29 is 18.0 Å². The zero-order chi connectivity index (χ0) is 26.3. The minimum atomic E-state index is -3.79. The van der Waals surface area contributed by atoms with Crippen LogP contribution in [0.1, 0.15) is 38.2 Å². The molecule has 1 fully saturated rings. The number of anilines is 1. The predicted octanol–water partition coefficient (Wildman–Crippen LogP) is 4.15. The van der Waals surface area contributed by atoms with E-state index in [0.29, 0.717) is 11.4 Å². The summed E-state index contributed by atoms with van der Waals surface area (Å²) >= 11 is 0. The normalized spacial score (nSPS) is 18.0. The maximum absolute atomic E-state index is 13.5. The Morgan fingerprint density at radius 2 is 1.64 bits per heavy atom. The van der Waals surface area contributed by atoms with E-state index in [4.69, 9.17) is 0 Å². The molecule has 2 aromatic carbocycles. The molecule has 2 amide bonds. The Hall–Kier alpha value is -3.43. The van der Waals surface area contributed by atoms with E-state index in [1.807, 2.05) is 52.0 Å². The van der Waals surface area contributed by atoms with Crippen molar-refractivity contribution in [2.75, 3.05) is 18.4 Å². The van der Waals surface area contributed by atoms with Gasteiger partial charge in [0.1, 0.15) is 5.69 Å². The number of benzene rings is 2. The third-order valence-corrected chi connectivity index (χ3v) is 8.53. The summed E-state index contributed by atoms with van der Waals surface area (Å²) in [7, 11) is -3.79. The number of aromatic nitrogens is 1. The quantitative estimate of drug-likeness (QED) is 0.434. The molecule has 1 aliphatic heterocycles. The zero-order valence-electron chi connectivity index (χ0n) is 21.0. The number of sulfonamides is 1. The largest absolute Gasteiger partial charge is 0.351 e. The molecule has 3 N–H and O–H groups in total. The number of nitrogens with zero attached hydrogens (tertiary/aromatic N) is 1. The first-order chi connectivity index (χ1) is 16.8. The van der Waals surface area contributed by atoms with Crippen molar-refractivity contribution in [1.29, 1.82) is 0 Å². The van der Waals surface area contributed by atoms with Gasteiger partial charge in [0.15, 0.2) is 0 Å². The first-order valence-electron chi connectivity index (χ1n) is 11.8. The van der Waals surface area contributed by atoms with Crippen molar-refractivity contribution in [2.45, 2.75) is 38.6 Å². The first-order valence-corrected chi connectivity index (χ1v) is 13.2. The van der Waals surface area contributed by atoms with Gasteiger partial charge in [-0.1, -0.05) is 52.5 Å². The minimum absolute atomic E-state index is 0.145. The Kier molecular flexibility index (Phi) is 6.57. The van der Waals surface area contributed by atoms with Crippen molar-refractivity contribution in [1.82, 2.24) is 14.6 Å². The van der Waals surface area contributed by atoms with Gasteiger partial charge in [0.25, 0.3) is 5.91 Å². The second-order valence-corrected chi connectivity index (χ2v) is 12.6. The second kappa shape index (κ2) is 9.22. The third kappa shape index (κ3) is 4.94. The highest BCUT2D eigenvalue weighted by Gasteiger charge is 2.50. The van der Waals surface area contributed by atoms with E-state index in [2.05, 4.69) is 22.2 Å². The number of para-hydroxylation sites is 1. The molecule has 0 bridgehead atoms. The van der Waals surface area contributed by atoms with Crippen LogP contribution in [0.15, 0.2) is 72.1 Å². The van der Waals surface area contributed by atoms with E-state index in [0.717, 1.165) is 10.9 Å². The molecule has 3 aromatic rings. The number of amides is 2. The highest BCUT2D eigenvalue weighted by atomic mass is 32.2. The number of carbonyl (C=O) groups is 2. The zero-order valence-corrected chi connectivity index (χ0v) is 21.8. The molecule has 9 heteroatoms. The maximum atomic E-state index is 13.5. The fourth-order valence-electron chi connectivity index (χ4n) is 5.22. The summed E-state index contributed by atoms with van der Waals surface area (Å²) < 4.78 is 28.5. The lowest BCUT2D eigenvalue weighted by atomic mass is 9.67. The molecule has 1 saturated heterocycles. The fourth-order valence-corrected chi connectivity index (χ4v) is 7.00. The number of aromatic amines is 1. The van der Waals surface area contributed by atoms with E-state index in [-0.39, 0.29) is 35.8 Å². The van der Waals surface area contributed by atoms with Gasteiger partial charge >= 0.3 is 0 Å². The molecular weight excluding hydrogens is 476 g/mol. The van der Waals surface area contributed by atoms with Gasteiger partial charge in [0.05, 0.1) is 4.90 Å². The molecule has 0 radical (unpaired) electrons. The van der Waals surface area contributed by atoms with Gasteiger partial charge in [-0.3, -0.25) is 9.59 Å². The minimum Gasteiger partial charge on any atom is -0.351 e. The average molecular weight is 509 g/mol. The van der Waals surface area contributed by atoms with Gasteiger partial charge in [-0.05, 0) is 53.3 Å². The van der Waals surface area contributed by atoms with Crippen molar-refractivity contribution >= 4 is 38.4 Å². The summed E-state index contributed by atoms with van der Waals surface area (Å²) in [6, 6.07) is 15.3. The summed E-state index contributed by atoms with van der Waals surface area (Å²) in [6.07, 6.45) is 1.23. The van der Waals surface area contributed by atoms with Crippen LogP contribution in [0.5, 0.6) is 0 Å². The van der Waals surface area contributed by atoms with Crippen LogP contribution in [-0.2, 0) is 14.8 Å². The van der Waals surface area contributed by atoms with Crippen LogP contribution in [0.25, 0.3) is 10.9 Å². The molecule has 1 aliphatic rings. The molecule has 0 atom stereocenters. The Bertz CT molecular complexity index is 1370. The van der Waals surface area contributed by atoms with Gasteiger partial charge < -0.3 is 15.6 Å². The van der Waals surface area contributed by atoms with Gasteiger partial charge in [-0.15, -0.1) is 0 Å². The molecule has 36 heavy (non-hydrogen) atoms. The van der Waals surface area contributed by atoms with Crippen LogP contribution in [0, 0.1) is 10.8 Å². The molecule has 0 saturated carbocycles. The van der Waals surface area contributed by atoms with E-state index < -0.39 is 20.9 Å². The highest BCUT2D eigenvalue weighted by molar-refractivity contribution is 7.89. The Morgan fingerprint density at radius 1 is 1.03 bits per heavy atom. The predicted molar refractivity (Wildman–Crippen MR) is 141 cm³/mol. The van der Waals surface area contributed by atoms with Crippen LogP contribution in [0.3, 0.4) is 0 Å². The van der Waals surface area contributed by atoms with Crippen molar-refractivity contribution in [3.63, 3.8) is 0 Å². The molecule has 0 aliphatic carbocycles. The van der Waals surface area contributed by atoms with Crippen LogP contribution in [-0.4, -0.2) is 48.7 Å². The number of hydrogen-bond donors (Lipinski definition) is 3. The third-order valence-electron chi connectivity index (χ3n) is 6.73. The van der Waals surface area contributed by atoms with Crippen molar-refractivity contribution in [3.8, 4) is 0 Å². The fraction of sp³-hybridized carbons (Fsp3) is 0.333. The number of nitrogens with one attached hydrogen (secondary N) is 3.